The van der Waals surface area contributed by atoms with Crippen LogP contribution in [0, 0.1) is 0 Å². The van der Waals surface area contributed by atoms with Crippen molar-refractivity contribution in [3.63, 3.8) is 0 Å². The van der Waals surface area contributed by atoms with Crippen LogP contribution in [0.15, 0.2) is 52.1 Å². The second-order valence-electron chi connectivity index (χ2n) is 3.87. The lowest BCUT2D eigenvalue weighted by Crippen LogP contribution is -2.24. The van der Waals surface area contributed by atoms with Gasteiger partial charge in [0.1, 0.15) is 4.90 Å². The Bertz CT molecular complexity index is 689. The Kier molecular flexibility index (Phi) is 4.18. The van der Waals surface area contributed by atoms with Crippen LogP contribution >= 0.6 is 15.9 Å². The molecule has 0 fully saturated rings. The van der Waals surface area contributed by atoms with Crippen LogP contribution in [0.5, 0.6) is 0 Å². The van der Waals surface area contributed by atoms with Crippen molar-refractivity contribution in [1.82, 2.24) is 9.71 Å². The Hall–Kier alpha value is -1.44. The number of benzene rings is 1. The quantitative estimate of drug-likeness (QED) is 0.889. The first kappa shape index (κ1) is 14.0. The predicted molar refractivity (Wildman–Crippen MR) is 76.8 cm³/mol. The number of pyridine rings is 1. The van der Waals surface area contributed by atoms with Crippen molar-refractivity contribution in [2.45, 2.75) is 11.4 Å². The zero-order valence-corrected chi connectivity index (χ0v) is 12.3. The van der Waals surface area contributed by atoms with E-state index in [0.717, 1.165) is 10.0 Å². The highest BCUT2D eigenvalue weighted by Crippen LogP contribution is 2.16. The van der Waals surface area contributed by atoms with Gasteiger partial charge in [-0.3, -0.25) is 4.98 Å². The second kappa shape index (κ2) is 5.68. The lowest BCUT2D eigenvalue weighted by Gasteiger charge is -2.08. The molecule has 2 aromatic rings. The van der Waals surface area contributed by atoms with Crippen LogP contribution < -0.4 is 10.5 Å². The summed E-state index contributed by atoms with van der Waals surface area (Å²) >= 11 is 3.33. The number of hydrogen-bond donors (Lipinski definition) is 2. The van der Waals surface area contributed by atoms with E-state index in [0.29, 0.717) is 0 Å². The van der Waals surface area contributed by atoms with E-state index in [1.54, 1.807) is 0 Å². The molecule has 100 valence electrons. The van der Waals surface area contributed by atoms with Crippen LogP contribution in [-0.2, 0) is 16.6 Å². The number of nitrogens with one attached hydrogen (secondary N) is 1. The molecule has 0 aliphatic carbocycles. The first-order chi connectivity index (χ1) is 8.99. The number of halogens is 1. The Morgan fingerprint density at radius 3 is 2.79 bits per heavy atom. The van der Waals surface area contributed by atoms with Gasteiger partial charge in [-0.05, 0) is 23.8 Å². The van der Waals surface area contributed by atoms with Gasteiger partial charge in [-0.1, -0.05) is 28.1 Å². The summed E-state index contributed by atoms with van der Waals surface area (Å²) in [6.45, 7) is 0.191. The average Bonchev–Trinajstić information content (AvgIpc) is 2.37. The maximum Gasteiger partial charge on any atom is 0.244 e. The summed E-state index contributed by atoms with van der Waals surface area (Å²) in [5.74, 6) is 0. The molecule has 0 aliphatic heterocycles. The van der Waals surface area contributed by atoms with Crippen LogP contribution in [0.3, 0.4) is 0 Å². The lowest BCUT2D eigenvalue weighted by molar-refractivity contribution is 0.581. The van der Waals surface area contributed by atoms with Gasteiger partial charge in [0.25, 0.3) is 0 Å². The van der Waals surface area contributed by atoms with Gasteiger partial charge < -0.3 is 5.73 Å². The smallest absolute Gasteiger partial charge is 0.244 e. The normalized spacial score (nSPS) is 11.4. The third kappa shape index (κ3) is 3.52. The number of nitrogens with two attached hydrogens (primary N) is 1. The van der Waals surface area contributed by atoms with Gasteiger partial charge in [-0.25, -0.2) is 13.1 Å². The molecule has 1 heterocycles. The monoisotopic (exact) mass is 341 g/mol. The van der Waals surface area contributed by atoms with E-state index < -0.39 is 10.0 Å². The minimum absolute atomic E-state index is 0.00926. The fraction of sp³-hybridized carbons (Fsp3) is 0.0833. The van der Waals surface area contributed by atoms with Crippen LogP contribution in [0.4, 0.5) is 5.69 Å². The van der Waals surface area contributed by atoms with Gasteiger partial charge in [-0.2, -0.15) is 0 Å². The van der Waals surface area contributed by atoms with Crippen molar-refractivity contribution in [3.8, 4) is 0 Å². The molecule has 1 aromatic heterocycles. The van der Waals surface area contributed by atoms with Crippen LogP contribution in [0.1, 0.15) is 5.56 Å². The molecule has 0 atom stereocenters. The number of nitrogen functional groups attached to an aromatic ring is 1. The van der Waals surface area contributed by atoms with Crippen molar-refractivity contribution in [2.24, 2.45) is 0 Å². The fourth-order valence-electron chi connectivity index (χ4n) is 1.52. The van der Waals surface area contributed by atoms with Crippen molar-refractivity contribution >= 4 is 31.6 Å². The molecule has 0 spiro atoms. The summed E-state index contributed by atoms with van der Waals surface area (Å²) in [5.41, 5.74) is 6.66. The summed E-state index contributed by atoms with van der Waals surface area (Å²) in [6, 6.07) is 8.84. The number of nitrogens with zero attached hydrogens (tertiary/aromatic N) is 1. The third-order valence-electron chi connectivity index (χ3n) is 2.46. The largest absolute Gasteiger partial charge is 0.398 e. The minimum Gasteiger partial charge on any atom is -0.398 e. The second-order valence-corrected chi connectivity index (χ2v) is 6.52. The van der Waals surface area contributed by atoms with Crippen LogP contribution in [0.2, 0.25) is 0 Å². The molecule has 0 unspecified atom stereocenters. The highest BCUT2D eigenvalue weighted by molar-refractivity contribution is 9.10. The van der Waals surface area contributed by atoms with E-state index in [4.69, 9.17) is 5.73 Å². The SMILES string of the molecule is Nc1ccncc1S(=O)(=O)NCc1cccc(Br)c1. The van der Waals surface area contributed by atoms with Crippen molar-refractivity contribution in [3.05, 3.63) is 52.8 Å². The van der Waals surface area contributed by atoms with Gasteiger partial charge in [0.2, 0.25) is 10.0 Å². The molecule has 0 bridgehead atoms. The maximum absolute atomic E-state index is 12.1. The highest BCUT2D eigenvalue weighted by atomic mass is 79.9. The van der Waals surface area contributed by atoms with E-state index in [1.807, 2.05) is 24.3 Å². The molecular formula is C12H12BrN3O2S. The summed E-state index contributed by atoms with van der Waals surface area (Å²) < 4.78 is 27.5. The van der Waals surface area contributed by atoms with Gasteiger partial charge in [0, 0.05) is 23.4 Å². The summed E-state index contributed by atoms with van der Waals surface area (Å²) in [4.78, 5) is 3.76. The Balaban J connectivity index is 2.17. The molecule has 5 nitrogen and oxygen atoms in total. The molecule has 0 saturated heterocycles. The Labute approximate surface area is 120 Å². The zero-order valence-electron chi connectivity index (χ0n) is 9.88. The van der Waals surface area contributed by atoms with Crippen molar-refractivity contribution in [1.29, 1.82) is 0 Å². The van der Waals surface area contributed by atoms with Gasteiger partial charge >= 0.3 is 0 Å². The fourth-order valence-corrected chi connectivity index (χ4v) is 3.06. The third-order valence-corrected chi connectivity index (χ3v) is 4.40. The van der Waals surface area contributed by atoms with Gasteiger partial charge in [0.15, 0.2) is 0 Å². The van der Waals surface area contributed by atoms with E-state index in [2.05, 4.69) is 25.6 Å². The zero-order chi connectivity index (χ0) is 13.9. The number of aromatic nitrogens is 1. The van der Waals surface area contributed by atoms with E-state index in [1.165, 1.54) is 18.5 Å². The van der Waals surface area contributed by atoms with Gasteiger partial charge in [-0.15, -0.1) is 0 Å². The first-order valence-corrected chi connectivity index (χ1v) is 7.70. The Morgan fingerprint density at radius 1 is 1.32 bits per heavy atom. The lowest BCUT2D eigenvalue weighted by atomic mass is 10.2. The molecule has 0 radical (unpaired) electrons. The molecule has 7 heteroatoms. The molecule has 1 aromatic carbocycles. The van der Waals surface area contributed by atoms with E-state index >= 15 is 0 Å². The molecular weight excluding hydrogens is 330 g/mol. The van der Waals surface area contributed by atoms with E-state index in [-0.39, 0.29) is 17.1 Å². The molecule has 0 saturated carbocycles. The van der Waals surface area contributed by atoms with Crippen molar-refractivity contribution in [2.75, 3.05) is 5.73 Å². The number of anilines is 1. The topological polar surface area (TPSA) is 85.1 Å². The van der Waals surface area contributed by atoms with Crippen LogP contribution in [0.25, 0.3) is 0 Å². The van der Waals surface area contributed by atoms with Gasteiger partial charge in [0.05, 0.1) is 5.69 Å². The first-order valence-electron chi connectivity index (χ1n) is 5.42. The molecule has 0 aliphatic rings. The van der Waals surface area contributed by atoms with Crippen molar-refractivity contribution < 1.29 is 8.42 Å². The summed E-state index contributed by atoms with van der Waals surface area (Å²) in [5, 5.41) is 0. The minimum atomic E-state index is -3.65. The number of rotatable bonds is 4. The average molecular weight is 342 g/mol. The summed E-state index contributed by atoms with van der Waals surface area (Å²) in [7, 11) is -3.65. The number of sulfonamides is 1. The molecule has 3 N–H and O–H groups in total. The van der Waals surface area contributed by atoms with Crippen LogP contribution in [-0.4, -0.2) is 13.4 Å². The molecule has 2 rings (SSSR count). The maximum atomic E-state index is 12.1. The molecule has 0 amide bonds. The highest BCUT2D eigenvalue weighted by Gasteiger charge is 2.16. The standard InChI is InChI=1S/C12H12BrN3O2S/c13-10-3-1-2-9(6-10)7-16-19(17,18)12-8-15-5-4-11(12)14/h1-6,8,16H,7H2,(H2,14,15). The molecule has 19 heavy (non-hydrogen) atoms. The summed E-state index contributed by atoms with van der Waals surface area (Å²) in [6.07, 6.45) is 2.68. The predicted octanol–water partition coefficient (Wildman–Crippen LogP) is 1.90. The Morgan fingerprint density at radius 2 is 2.11 bits per heavy atom. The number of hydrogen-bond acceptors (Lipinski definition) is 4. The van der Waals surface area contributed by atoms with E-state index in [9.17, 15) is 8.42 Å².